The van der Waals surface area contributed by atoms with E-state index in [4.69, 9.17) is 4.74 Å². The molecule has 2 aliphatic rings. The van der Waals surface area contributed by atoms with E-state index >= 15 is 0 Å². The van der Waals surface area contributed by atoms with Crippen LogP contribution in [0.2, 0.25) is 0 Å². The third-order valence-electron chi connectivity index (χ3n) is 8.12. The monoisotopic (exact) mass is 491 g/mol. The molecule has 0 radical (unpaired) electrons. The number of nitrogens with zero attached hydrogens (tertiary/aromatic N) is 1. The first-order valence-electron chi connectivity index (χ1n) is 13.4. The Morgan fingerprint density at radius 1 is 0.579 bits per heavy atom. The third-order valence-corrected chi connectivity index (χ3v) is 8.12. The maximum atomic E-state index is 6.82. The average Bonchev–Trinajstić information content (AvgIpc) is 2.88. The summed E-state index contributed by atoms with van der Waals surface area (Å²) < 4.78 is 6.82. The zero-order valence-electron chi connectivity index (χ0n) is 22.6. The van der Waals surface area contributed by atoms with Crippen molar-refractivity contribution in [1.29, 1.82) is 0 Å². The van der Waals surface area contributed by atoms with Crippen LogP contribution in [0.4, 0.5) is 17.1 Å². The van der Waals surface area contributed by atoms with Crippen LogP contribution in [0.1, 0.15) is 27.8 Å². The highest BCUT2D eigenvalue weighted by Gasteiger charge is 2.42. The Labute approximate surface area is 225 Å². The van der Waals surface area contributed by atoms with Gasteiger partial charge in [0.15, 0.2) is 0 Å². The van der Waals surface area contributed by atoms with E-state index in [9.17, 15) is 0 Å². The molecular weight excluding hydrogens is 461 g/mol. The van der Waals surface area contributed by atoms with Gasteiger partial charge in [-0.25, -0.2) is 0 Å². The summed E-state index contributed by atoms with van der Waals surface area (Å²) in [5, 5.41) is 0. The summed E-state index contributed by atoms with van der Waals surface area (Å²) in [7, 11) is 0. The molecule has 0 N–H and O–H groups in total. The van der Waals surface area contributed by atoms with Gasteiger partial charge < -0.3 is 9.64 Å². The molecule has 2 aliphatic heterocycles. The van der Waals surface area contributed by atoms with Crippen molar-refractivity contribution in [3.8, 4) is 22.6 Å². The quantitative estimate of drug-likeness (QED) is 0.235. The standard InChI is InChI=1S/C35H30BNO/c1-21-15-23(3)33(24(4)16-21)26-19-30-35-32(20-26)38-31-18-22(2)17-25(5)34(31)36(35)28-13-9-10-14-29(28)37(30)27-11-7-6-8-12-27/h6-20H,1-5H3. The molecule has 0 spiro atoms. The van der Waals surface area contributed by atoms with E-state index in [1.807, 2.05) is 0 Å². The highest BCUT2D eigenvalue weighted by atomic mass is 16.5. The summed E-state index contributed by atoms with van der Waals surface area (Å²) in [4.78, 5) is 2.42. The first-order chi connectivity index (χ1) is 18.4. The number of aryl methyl sites for hydroxylation is 5. The number of para-hydroxylation sites is 2. The molecule has 0 aromatic heterocycles. The topological polar surface area (TPSA) is 12.5 Å². The number of rotatable bonds is 2. The van der Waals surface area contributed by atoms with Crippen molar-refractivity contribution in [3.63, 3.8) is 0 Å². The van der Waals surface area contributed by atoms with Gasteiger partial charge in [-0.1, -0.05) is 65.7 Å². The molecule has 0 unspecified atom stereocenters. The van der Waals surface area contributed by atoms with Gasteiger partial charge >= 0.3 is 0 Å². The van der Waals surface area contributed by atoms with Crippen LogP contribution in [0.5, 0.6) is 11.5 Å². The molecule has 0 bridgehead atoms. The number of hydrogen-bond donors (Lipinski definition) is 0. The molecule has 5 aromatic carbocycles. The molecule has 0 amide bonds. The fourth-order valence-corrected chi connectivity index (χ4v) is 6.84. The van der Waals surface area contributed by atoms with Crippen LogP contribution in [-0.4, -0.2) is 6.71 Å². The fourth-order valence-electron chi connectivity index (χ4n) is 6.84. The molecule has 2 heterocycles. The van der Waals surface area contributed by atoms with Crippen molar-refractivity contribution in [1.82, 2.24) is 0 Å². The minimum Gasteiger partial charge on any atom is -0.458 e. The summed E-state index contributed by atoms with van der Waals surface area (Å²) in [5.41, 5.74) is 16.3. The first kappa shape index (κ1) is 22.9. The maximum Gasteiger partial charge on any atom is 0.256 e. The molecule has 0 atom stereocenters. The van der Waals surface area contributed by atoms with Gasteiger partial charge in [-0.05, 0) is 115 Å². The predicted octanol–water partition coefficient (Wildman–Crippen LogP) is 7.30. The summed E-state index contributed by atoms with van der Waals surface area (Å²) >= 11 is 0. The van der Waals surface area contributed by atoms with Gasteiger partial charge in [0.25, 0.3) is 6.71 Å². The molecule has 38 heavy (non-hydrogen) atoms. The van der Waals surface area contributed by atoms with Gasteiger partial charge in [-0.15, -0.1) is 0 Å². The number of ether oxygens (including phenoxy) is 1. The SMILES string of the molecule is Cc1cc(C)c(-c2cc3c4c(c2)N(c2ccccc2)c2ccccc2B4c2c(C)cc(C)cc2O3)c(C)c1. The molecule has 0 fully saturated rings. The zero-order valence-corrected chi connectivity index (χ0v) is 22.6. The second-order valence-electron chi connectivity index (χ2n) is 10.9. The molecule has 5 aromatic rings. The minimum atomic E-state index is 0.120. The van der Waals surface area contributed by atoms with E-state index in [0.717, 1.165) is 17.2 Å². The fraction of sp³-hybridized carbons (Fsp3) is 0.143. The lowest BCUT2D eigenvalue weighted by atomic mass is 9.33. The van der Waals surface area contributed by atoms with E-state index in [1.165, 1.54) is 66.7 Å². The lowest BCUT2D eigenvalue weighted by Gasteiger charge is -2.41. The Morgan fingerprint density at radius 3 is 1.97 bits per heavy atom. The Hall–Kier alpha value is -4.24. The van der Waals surface area contributed by atoms with E-state index in [2.05, 4.69) is 131 Å². The Kier molecular flexibility index (Phi) is 5.06. The third kappa shape index (κ3) is 3.35. The molecule has 3 heteroatoms. The van der Waals surface area contributed by atoms with Crippen molar-refractivity contribution in [2.45, 2.75) is 34.6 Å². The lowest BCUT2D eigenvalue weighted by Crippen LogP contribution is -2.60. The van der Waals surface area contributed by atoms with Crippen LogP contribution < -0.4 is 26.0 Å². The number of anilines is 3. The van der Waals surface area contributed by atoms with E-state index in [1.54, 1.807) is 0 Å². The Balaban J connectivity index is 1.59. The van der Waals surface area contributed by atoms with E-state index in [-0.39, 0.29) is 6.71 Å². The Morgan fingerprint density at radius 2 is 1.21 bits per heavy atom. The summed E-state index contributed by atoms with van der Waals surface area (Å²) in [6, 6.07) is 33.3. The van der Waals surface area contributed by atoms with Gasteiger partial charge in [-0.2, -0.15) is 0 Å². The van der Waals surface area contributed by atoms with Crippen molar-refractivity contribution >= 4 is 40.2 Å². The van der Waals surface area contributed by atoms with Crippen LogP contribution in [0, 0.1) is 34.6 Å². The maximum absolute atomic E-state index is 6.82. The predicted molar refractivity (Wildman–Crippen MR) is 161 cm³/mol. The highest BCUT2D eigenvalue weighted by molar-refractivity contribution is 6.99. The van der Waals surface area contributed by atoms with Crippen LogP contribution in [0.15, 0.2) is 91.0 Å². The van der Waals surface area contributed by atoms with Crippen molar-refractivity contribution in [3.05, 3.63) is 119 Å². The van der Waals surface area contributed by atoms with E-state index < -0.39 is 0 Å². The minimum absolute atomic E-state index is 0.120. The number of fused-ring (bicyclic) bond motifs is 4. The van der Waals surface area contributed by atoms with Gasteiger partial charge in [0, 0.05) is 17.1 Å². The van der Waals surface area contributed by atoms with Gasteiger partial charge in [0.05, 0.1) is 0 Å². The van der Waals surface area contributed by atoms with Gasteiger partial charge in [0.2, 0.25) is 0 Å². The van der Waals surface area contributed by atoms with Gasteiger partial charge in [0.1, 0.15) is 11.5 Å². The molecule has 0 aliphatic carbocycles. The van der Waals surface area contributed by atoms with Crippen LogP contribution in [0.25, 0.3) is 11.1 Å². The smallest absolute Gasteiger partial charge is 0.256 e. The summed E-state index contributed by atoms with van der Waals surface area (Å²) in [6.07, 6.45) is 0. The first-order valence-corrected chi connectivity index (χ1v) is 13.4. The molecular formula is C35H30BNO. The highest BCUT2D eigenvalue weighted by Crippen LogP contribution is 2.44. The van der Waals surface area contributed by atoms with Crippen LogP contribution >= 0.6 is 0 Å². The van der Waals surface area contributed by atoms with E-state index in [0.29, 0.717) is 0 Å². The summed E-state index contributed by atoms with van der Waals surface area (Å²) in [6.45, 7) is 11.1. The van der Waals surface area contributed by atoms with Crippen LogP contribution in [0.3, 0.4) is 0 Å². The molecule has 2 nitrogen and oxygen atoms in total. The average molecular weight is 491 g/mol. The number of hydrogen-bond acceptors (Lipinski definition) is 2. The molecule has 0 saturated heterocycles. The molecule has 0 saturated carbocycles. The lowest BCUT2D eigenvalue weighted by molar-refractivity contribution is 0.487. The van der Waals surface area contributed by atoms with Crippen molar-refractivity contribution in [2.24, 2.45) is 0 Å². The second kappa shape index (κ2) is 8.39. The Bertz CT molecular complexity index is 1730. The second-order valence-corrected chi connectivity index (χ2v) is 10.9. The van der Waals surface area contributed by atoms with Crippen LogP contribution in [-0.2, 0) is 0 Å². The van der Waals surface area contributed by atoms with Crippen molar-refractivity contribution < 1.29 is 4.74 Å². The van der Waals surface area contributed by atoms with Gasteiger partial charge in [-0.3, -0.25) is 0 Å². The number of benzene rings is 5. The largest absolute Gasteiger partial charge is 0.458 e. The normalized spacial score (nSPS) is 13.0. The molecule has 7 rings (SSSR count). The summed E-state index contributed by atoms with van der Waals surface area (Å²) in [5.74, 6) is 1.93. The molecule has 184 valence electrons. The van der Waals surface area contributed by atoms with Crippen molar-refractivity contribution in [2.75, 3.05) is 4.90 Å². The zero-order chi connectivity index (χ0) is 26.1.